The van der Waals surface area contributed by atoms with E-state index in [2.05, 4.69) is 0 Å². The van der Waals surface area contributed by atoms with E-state index in [0.29, 0.717) is 5.41 Å². The summed E-state index contributed by atoms with van der Waals surface area (Å²) in [5.74, 6) is -0.687. The van der Waals surface area contributed by atoms with E-state index in [0.717, 1.165) is 12.1 Å². The predicted octanol–water partition coefficient (Wildman–Crippen LogP) is 3.67. The average Bonchev–Trinajstić information content (AvgIpc) is 2.07. The van der Waals surface area contributed by atoms with Crippen LogP contribution in [0.1, 0.15) is 5.56 Å². The highest BCUT2D eigenvalue weighted by molar-refractivity contribution is 8.16. The Hall–Kier alpha value is -0.290. The first-order chi connectivity index (χ1) is 6.79. The summed E-state index contributed by atoms with van der Waals surface area (Å²) in [5, 5.41) is 0.715. The molecule has 0 aliphatic heterocycles. The fourth-order valence-corrected chi connectivity index (χ4v) is 1.73. The van der Waals surface area contributed by atoms with E-state index >= 15 is 0 Å². The third kappa shape index (κ3) is 3.99. The summed E-state index contributed by atoms with van der Waals surface area (Å²) in [7, 11) is 1.14. The van der Waals surface area contributed by atoms with Gasteiger partial charge >= 0.3 is 0 Å². The number of hydrogen-bond acceptors (Lipinski definition) is 2. The van der Waals surface area contributed by atoms with Crippen LogP contribution in [-0.2, 0) is 9.05 Å². The summed E-state index contributed by atoms with van der Waals surface area (Å²) in [6.45, 7) is 0. The lowest BCUT2D eigenvalue weighted by molar-refractivity contribution is 0.617. The number of rotatable bonds is 2. The molecule has 0 aliphatic rings. The van der Waals surface area contributed by atoms with Crippen LogP contribution in [0.3, 0.4) is 0 Å². The largest absolute Gasteiger partial charge is 0.254 e. The summed E-state index contributed by atoms with van der Waals surface area (Å²) in [5.41, 5.74) is 0.183. The third-order valence-corrected chi connectivity index (χ3v) is 2.84. The minimum Gasteiger partial charge on any atom is -0.208 e. The quantitative estimate of drug-likeness (QED) is 0.615. The highest BCUT2D eigenvalue weighted by Gasteiger charge is 2.06. The van der Waals surface area contributed by atoms with Crippen LogP contribution in [0.15, 0.2) is 17.5 Å². The topological polar surface area (TPSA) is 34.1 Å². The van der Waals surface area contributed by atoms with Crippen LogP contribution in [-0.4, -0.2) is 8.42 Å². The maximum atomic E-state index is 13.0. The van der Waals surface area contributed by atoms with Gasteiger partial charge in [-0.1, -0.05) is 23.2 Å². The van der Waals surface area contributed by atoms with Crippen LogP contribution in [0.2, 0.25) is 10.0 Å². The SMILES string of the molecule is O=S(=O)(Cl)/C=C/c1cc(F)c(Cl)cc1Cl. The molecule has 0 aliphatic carbocycles. The van der Waals surface area contributed by atoms with Gasteiger partial charge in [0.2, 0.25) is 0 Å². The number of benzene rings is 1. The molecule has 0 bridgehead atoms. The predicted molar refractivity (Wildman–Crippen MR) is 60.2 cm³/mol. The summed E-state index contributed by atoms with van der Waals surface area (Å²) >= 11 is 11.1. The van der Waals surface area contributed by atoms with E-state index in [1.54, 1.807) is 0 Å². The summed E-state index contributed by atoms with van der Waals surface area (Å²) in [6.07, 6.45) is 1.09. The maximum Gasteiger partial charge on any atom is 0.254 e. The Bertz CT molecular complexity index is 511. The molecule has 0 atom stereocenters. The molecule has 82 valence electrons. The van der Waals surface area contributed by atoms with Crippen LogP contribution in [0.4, 0.5) is 4.39 Å². The molecule has 7 heteroatoms. The molecule has 0 fully saturated rings. The lowest BCUT2D eigenvalue weighted by Crippen LogP contribution is -1.84. The van der Waals surface area contributed by atoms with E-state index in [9.17, 15) is 12.8 Å². The minimum atomic E-state index is -3.78. The van der Waals surface area contributed by atoms with Crippen molar-refractivity contribution >= 4 is 49.0 Å². The molecule has 1 aromatic rings. The van der Waals surface area contributed by atoms with E-state index in [-0.39, 0.29) is 15.6 Å². The molecule has 0 amide bonds. The van der Waals surface area contributed by atoms with Crippen LogP contribution in [0.5, 0.6) is 0 Å². The zero-order valence-electron chi connectivity index (χ0n) is 7.05. The molecular weight excluding hydrogens is 286 g/mol. The zero-order valence-corrected chi connectivity index (χ0v) is 10.1. The Morgan fingerprint density at radius 3 is 2.33 bits per heavy atom. The molecule has 0 unspecified atom stereocenters. The molecule has 1 rings (SSSR count). The Balaban J connectivity index is 3.17. The Labute approximate surface area is 101 Å². The van der Waals surface area contributed by atoms with Gasteiger partial charge in [0, 0.05) is 21.1 Å². The number of hydrogen-bond donors (Lipinski definition) is 0. The van der Waals surface area contributed by atoms with Gasteiger partial charge in [0.05, 0.1) is 5.02 Å². The maximum absolute atomic E-state index is 13.0. The molecule has 1 aromatic carbocycles. The van der Waals surface area contributed by atoms with Crippen molar-refractivity contribution in [3.8, 4) is 0 Å². The molecule has 0 N–H and O–H groups in total. The van der Waals surface area contributed by atoms with Crippen molar-refractivity contribution in [2.75, 3.05) is 0 Å². The molecular formula is C8H4Cl3FO2S. The van der Waals surface area contributed by atoms with Crippen molar-refractivity contribution < 1.29 is 12.8 Å². The molecule has 0 heterocycles. The molecule has 0 spiro atoms. The van der Waals surface area contributed by atoms with Crippen LogP contribution < -0.4 is 0 Å². The van der Waals surface area contributed by atoms with E-state index < -0.39 is 14.9 Å². The second-order valence-electron chi connectivity index (χ2n) is 2.57. The normalized spacial score (nSPS) is 12.3. The van der Waals surface area contributed by atoms with Crippen LogP contribution in [0, 0.1) is 5.82 Å². The Morgan fingerprint density at radius 2 is 1.80 bits per heavy atom. The van der Waals surface area contributed by atoms with Gasteiger partial charge in [-0.15, -0.1) is 0 Å². The minimum absolute atomic E-state index is 0.133. The molecule has 15 heavy (non-hydrogen) atoms. The molecule has 0 radical (unpaired) electrons. The van der Waals surface area contributed by atoms with Gasteiger partial charge in [0.15, 0.2) is 0 Å². The van der Waals surface area contributed by atoms with E-state index in [1.807, 2.05) is 0 Å². The van der Waals surface area contributed by atoms with Gasteiger partial charge in [0.25, 0.3) is 9.05 Å². The Morgan fingerprint density at radius 1 is 1.20 bits per heavy atom. The first-order valence-corrected chi connectivity index (χ1v) is 6.70. The van der Waals surface area contributed by atoms with Crippen molar-refractivity contribution in [3.05, 3.63) is 39.0 Å². The van der Waals surface area contributed by atoms with Crippen molar-refractivity contribution in [2.24, 2.45) is 0 Å². The lowest BCUT2D eigenvalue weighted by atomic mass is 10.2. The standard InChI is InChI=1S/C8H4Cl3FO2S/c9-6-4-7(10)8(12)3-5(6)1-2-15(11,13)14/h1-4H/b2-1+. The van der Waals surface area contributed by atoms with E-state index in [1.165, 1.54) is 6.07 Å². The fourth-order valence-electron chi connectivity index (χ4n) is 0.820. The van der Waals surface area contributed by atoms with Crippen molar-refractivity contribution in [3.63, 3.8) is 0 Å². The smallest absolute Gasteiger partial charge is 0.208 e. The molecule has 0 aromatic heterocycles. The van der Waals surface area contributed by atoms with Crippen molar-refractivity contribution in [1.82, 2.24) is 0 Å². The third-order valence-electron chi connectivity index (χ3n) is 1.45. The monoisotopic (exact) mass is 288 g/mol. The van der Waals surface area contributed by atoms with Gasteiger partial charge in [-0.25, -0.2) is 12.8 Å². The highest BCUT2D eigenvalue weighted by Crippen LogP contribution is 2.25. The highest BCUT2D eigenvalue weighted by atomic mass is 35.7. The van der Waals surface area contributed by atoms with Gasteiger partial charge in [-0.2, -0.15) is 0 Å². The van der Waals surface area contributed by atoms with Gasteiger partial charge in [-0.05, 0) is 23.8 Å². The van der Waals surface area contributed by atoms with Gasteiger partial charge < -0.3 is 0 Å². The Kier molecular flexibility index (Phi) is 4.00. The molecule has 0 saturated carbocycles. The first-order valence-electron chi connectivity index (χ1n) is 3.57. The first kappa shape index (κ1) is 12.8. The molecule has 2 nitrogen and oxygen atoms in total. The molecule has 0 saturated heterocycles. The van der Waals surface area contributed by atoms with Gasteiger partial charge in [0.1, 0.15) is 5.82 Å². The van der Waals surface area contributed by atoms with Crippen LogP contribution in [0.25, 0.3) is 6.08 Å². The zero-order chi connectivity index (χ0) is 11.6. The second-order valence-corrected chi connectivity index (χ2v) is 5.89. The fraction of sp³-hybridized carbons (Fsp3) is 0. The summed E-state index contributed by atoms with van der Waals surface area (Å²) < 4.78 is 34.1. The van der Waals surface area contributed by atoms with Crippen molar-refractivity contribution in [2.45, 2.75) is 0 Å². The van der Waals surface area contributed by atoms with E-state index in [4.69, 9.17) is 33.9 Å². The number of halogens is 4. The van der Waals surface area contributed by atoms with Gasteiger partial charge in [-0.3, -0.25) is 0 Å². The van der Waals surface area contributed by atoms with Crippen molar-refractivity contribution in [1.29, 1.82) is 0 Å². The van der Waals surface area contributed by atoms with Crippen LogP contribution >= 0.6 is 33.9 Å². The average molecular weight is 290 g/mol. The summed E-state index contributed by atoms with van der Waals surface area (Å²) in [4.78, 5) is 0. The summed E-state index contributed by atoms with van der Waals surface area (Å²) in [6, 6.07) is 2.20. The second kappa shape index (κ2) is 4.70. The lowest BCUT2D eigenvalue weighted by Gasteiger charge is -1.99.